The van der Waals surface area contributed by atoms with Crippen molar-refractivity contribution in [1.29, 1.82) is 0 Å². The molecular weight excluding hydrogens is 184 g/mol. The van der Waals surface area contributed by atoms with E-state index in [1.807, 2.05) is 0 Å². The van der Waals surface area contributed by atoms with Crippen molar-refractivity contribution in [1.82, 2.24) is 5.32 Å². The lowest BCUT2D eigenvalue weighted by atomic mass is 9.97. The molecule has 0 aliphatic rings. The van der Waals surface area contributed by atoms with Gasteiger partial charge in [0, 0.05) is 5.57 Å². The smallest absolute Gasteiger partial charge is 0.246 e. The second kappa shape index (κ2) is 5.49. The minimum absolute atomic E-state index is 0.140. The zero-order valence-corrected chi connectivity index (χ0v) is 8.54. The first-order chi connectivity index (χ1) is 6.51. The maximum atomic E-state index is 11.3. The van der Waals surface area contributed by atoms with Gasteiger partial charge in [0.2, 0.25) is 5.91 Å². The van der Waals surface area contributed by atoms with Gasteiger partial charge < -0.3 is 10.4 Å². The molecule has 0 rings (SSSR count). The summed E-state index contributed by atoms with van der Waals surface area (Å²) in [4.78, 5) is 21.4. The Kier molecular flexibility index (Phi) is 5.01. The Hall–Kier alpha value is -1.23. The lowest BCUT2D eigenvalue weighted by Gasteiger charge is -2.29. The van der Waals surface area contributed by atoms with E-state index in [1.54, 1.807) is 13.8 Å². The highest BCUT2D eigenvalue weighted by molar-refractivity contribution is 5.92. The number of nitrogens with zero attached hydrogens (tertiary/aromatic N) is 1. The van der Waals surface area contributed by atoms with Crippen molar-refractivity contribution in [3.05, 3.63) is 17.1 Å². The Labute approximate surface area is 83.2 Å². The summed E-state index contributed by atoms with van der Waals surface area (Å²) in [5.41, 5.74) is -0.611. The van der Waals surface area contributed by atoms with Crippen molar-refractivity contribution < 1.29 is 9.90 Å². The van der Waals surface area contributed by atoms with Crippen molar-refractivity contribution in [2.75, 3.05) is 13.2 Å². The molecule has 2 N–H and O–H groups in total. The summed E-state index contributed by atoms with van der Waals surface area (Å²) in [7, 11) is 0. The van der Waals surface area contributed by atoms with Gasteiger partial charge in [0.25, 0.3) is 0 Å². The summed E-state index contributed by atoms with van der Waals surface area (Å²) in [6, 6.07) is 0. The van der Waals surface area contributed by atoms with E-state index >= 15 is 0 Å². The highest BCUT2D eigenvalue weighted by atomic mass is 16.3. The summed E-state index contributed by atoms with van der Waals surface area (Å²) in [5, 5.41) is 14.4. The Morgan fingerprint density at radius 3 is 2.50 bits per heavy atom. The number of amides is 1. The summed E-state index contributed by atoms with van der Waals surface area (Å²) < 4.78 is 0. The molecule has 0 saturated heterocycles. The number of aliphatic hydroxyl groups is 1. The van der Waals surface area contributed by atoms with Gasteiger partial charge in [-0.15, -0.1) is 0 Å². The first kappa shape index (κ1) is 12.8. The molecule has 14 heavy (non-hydrogen) atoms. The highest BCUT2D eigenvalue weighted by Gasteiger charge is 2.29. The molecule has 0 heterocycles. The number of carbonyl (C=O) groups is 1. The van der Waals surface area contributed by atoms with E-state index in [1.165, 1.54) is 0 Å². The molecule has 0 aromatic heterocycles. The van der Waals surface area contributed by atoms with Crippen LogP contribution >= 0.6 is 0 Å². The van der Waals surface area contributed by atoms with Crippen LogP contribution in [0.2, 0.25) is 0 Å². The van der Waals surface area contributed by atoms with Crippen molar-refractivity contribution in [2.24, 2.45) is 5.18 Å². The van der Waals surface area contributed by atoms with E-state index in [4.69, 9.17) is 5.11 Å². The van der Waals surface area contributed by atoms with Crippen molar-refractivity contribution >= 4 is 5.91 Å². The number of rotatable bonds is 6. The molecule has 0 aromatic carbocycles. The maximum absolute atomic E-state index is 11.3. The van der Waals surface area contributed by atoms with Crippen LogP contribution in [0.5, 0.6) is 0 Å². The molecule has 0 aliphatic heterocycles. The number of nitrogens with one attached hydrogen (secondary N) is 1. The van der Waals surface area contributed by atoms with Crippen LogP contribution in [0.15, 0.2) is 17.3 Å². The molecule has 5 nitrogen and oxygen atoms in total. The summed E-state index contributed by atoms with van der Waals surface area (Å²) in [5.74, 6) is -0.371. The monoisotopic (exact) mass is 200 g/mol. The van der Waals surface area contributed by atoms with E-state index in [2.05, 4.69) is 17.1 Å². The highest BCUT2D eigenvalue weighted by Crippen LogP contribution is 2.10. The van der Waals surface area contributed by atoms with Crippen LogP contribution in [0.3, 0.4) is 0 Å². The largest absolute Gasteiger partial charge is 0.394 e. The number of carbonyl (C=O) groups excluding carboxylic acids is 1. The number of hydrogen-bond acceptors (Lipinski definition) is 4. The van der Waals surface area contributed by atoms with E-state index < -0.39 is 5.54 Å². The second-order valence-corrected chi connectivity index (χ2v) is 3.31. The zero-order chi connectivity index (χ0) is 11.2. The van der Waals surface area contributed by atoms with Crippen LogP contribution in [0.25, 0.3) is 0 Å². The minimum atomic E-state index is -0.947. The lowest BCUT2D eigenvalue weighted by molar-refractivity contribution is -0.119. The number of hydrogen-bond donors (Lipinski definition) is 2. The van der Waals surface area contributed by atoms with Crippen molar-refractivity contribution in [3.63, 3.8) is 0 Å². The molecule has 0 spiro atoms. The molecule has 0 bridgehead atoms. The van der Waals surface area contributed by atoms with Crippen molar-refractivity contribution in [2.45, 2.75) is 25.8 Å². The van der Waals surface area contributed by atoms with Gasteiger partial charge in [0.05, 0.1) is 12.1 Å². The quantitative estimate of drug-likeness (QED) is 0.486. The van der Waals surface area contributed by atoms with Gasteiger partial charge in [-0.1, -0.05) is 18.7 Å². The Balaban J connectivity index is 4.57. The normalized spacial score (nSPS) is 14.2. The number of aliphatic hydroxyl groups excluding tert-OH is 1. The SMILES string of the molecule is C=C(C)C(=O)NC(CC)(CO)CN=O. The van der Waals surface area contributed by atoms with Gasteiger partial charge >= 0.3 is 0 Å². The molecular formula is C9H16N2O3. The van der Waals surface area contributed by atoms with Gasteiger partial charge in [0.1, 0.15) is 6.54 Å². The third-order valence-electron chi connectivity index (χ3n) is 2.11. The molecule has 80 valence electrons. The Bertz CT molecular complexity index is 234. The Morgan fingerprint density at radius 2 is 2.21 bits per heavy atom. The second-order valence-electron chi connectivity index (χ2n) is 3.31. The molecule has 0 radical (unpaired) electrons. The Morgan fingerprint density at radius 1 is 1.64 bits per heavy atom. The van der Waals surface area contributed by atoms with Crippen LogP contribution < -0.4 is 5.32 Å². The van der Waals surface area contributed by atoms with Crippen LogP contribution in [0.4, 0.5) is 0 Å². The third-order valence-corrected chi connectivity index (χ3v) is 2.11. The zero-order valence-electron chi connectivity index (χ0n) is 8.54. The molecule has 1 atom stereocenters. The van der Waals surface area contributed by atoms with Crippen LogP contribution in [0, 0.1) is 4.91 Å². The maximum Gasteiger partial charge on any atom is 0.246 e. The van der Waals surface area contributed by atoms with Gasteiger partial charge in [-0.25, -0.2) is 0 Å². The van der Waals surface area contributed by atoms with E-state index in [9.17, 15) is 9.70 Å². The molecule has 0 fully saturated rings. The van der Waals surface area contributed by atoms with E-state index in [-0.39, 0.29) is 19.1 Å². The van der Waals surface area contributed by atoms with Crippen LogP contribution in [-0.2, 0) is 4.79 Å². The molecule has 1 unspecified atom stereocenters. The molecule has 1 amide bonds. The molecule has 0 aromatic rings. The predicted molar refractivity (Wildman–Crippen MR) is 53.7 cm³/mol. The summed E-state index contributed by atoms with van der Waals surface area (Å²) in [6.07, 6.45) is 0.439. The molecule has 0 aliphatic carbocycles. The topological polar surface area (TPSA) is 78.8 Å². The van der Waals surface area contributed by atoms with Crippen molar-refractivity contribution in [3.8, 4) is 0 Å². The third kappa shape index (κ3) is 3.26. The average molecular weight is 200 g/mol. The molecule has 5 heteroatoms. The van der Waals surface area contributed by atoms with Crippen LogP contribution in [-0.4, -0.2) is 29.7 Å². The molecule has 0 saturated carbocycles. The first-order valence-electron chi connectivity index (χ1n) is 4.39. The average Bonchev–Trinajstić information content (AvgIpc) is 2.16. The fourth-order valence-corrected chi connectivity index (χ4v) is 0.912. The summed E-state index contributed by atoms with van der Waals surface area (Å²) in [6.45, 7) is 6.34. The first-order valence-corrected chi connectivity index (χ1v) is 4.39. The van der Waals surface area contributed by atoms with Gasteiger partial charge in [-0.05, 0) is 13.3 Å². The van der Waals surface area contributed by atoms with Gasteiger partial charge in [0.15, 0.2) is 0 Å². The van der Waals surface area contributed by atoms with E-state index in [0.29, 0.717) is 12.0 Å². The standard InChI is InChI=1S/C9H16N2O3/c1-4-9(6-12,5-10-14)11-8(13)7(2)3/h12H,2,4-6H2,1,3H3,(H,11,13). The predicted octanol–water partition coefficient (Wildman–Crippen LogP) is 0.586. The fourth-order valence-electron chi connectivity index (χ4n) is 0.912. The summed E-state index contributed by atoms with van der Waals surface area (Å²) >= 11 is 0. The number of nitroso groups, excluding NO2 is 1. The van der Waals surface area contributed by atoms with Crippen LogP contribution in [0.1, 0.15) is 20.3 Å². The minimum Gasteiger partial charge on any atom is -0.394 e. The van der Waals surface area contributed by atoms with E-state index in [0.717, 1.165) is 0 Å². The van der Waals surface area contributed by atoms with Gasteiger partial charge in [-0.2, -0.15) is 4.91 Å². The van der Waals surface area contributed by atoms with Gasteiger partial charge in [-0.3, -0.25) is 4.79 Å². The fraction of sp³-hybridized carbons (Fsp3) is 0.667. The lowest BCUT2D eigenvalue weighted by Crippen LogP contribution is -2.53.